The summed E-state index contributed by atoms with van der Waals surface area (Å²) in [6.45, 7) is 1.60. The van der Waals surface area contributed by atoms with E-state index < -0.39 is 59.9 Å². The highest BCUT2D eigenvalue weighted by atomic mass is 16.4. The van der Waals surface area contributed by atoms with Crippen molar-refractivity contribution in [3.8, 4) is 5.75 Å². The van der Waals surface area contributed by atoms with Gasteiger partial charge in [-0.2, -0.15) is 0 Å². The van der Waals surface area contributed by atoms with Crippen LogP contribution in [-0.2, 0) is 30.4 Å². The summed E-state index contributed by atoms with van der Waals surface area (Å²) in [5.74, 6) is -4.50. The largest absolute Gasteiger partial charge is 0.508 e. The Morgan fingerprint density at radius 3 is 2.03 bits per heavy atom. The summed E-state index contributed by atoms with van der Waals surface area (Å²) >= 11 is 0. The third kappa shape index (κ3) is 11.5. The maximum atomic E-state index is 13.1. The van der Waals surface area contributed by atoms with Gasteiger partial charge in [0.2, 0.25) is 23.6 Å². The summed E-state index contributed by atoms with van der Waals surface area (Å²) in [5, 5.41) is 36.3. The number of carbonyl (C=O) groups excluding carboxylic acids is 4. The second-order valence-corrected chi connectivity index (χ2v) is 8.95. The number of aromatic hydroxyl groups is 1. The number of phenolic OH excluding ortho intramolecular Hbond substituents is 1. The molecule has 1 aromatic rings. The van der Waals surface area contributed by atoms with Crippen molar-refractivity contribution in [2.75, 3.05) is 6.54 Å². The van der Waals surface area contributed by atoms with Crippen molar-refractivity contribution >= 4 is 29.6 Å². The second kappa shape index (κ2) is 16.2. The first-order valence-electron chi connectivity index (χ1n) is 12.2. The lowest BCUT2D eigenvalue weighted by Gasteiger charge is -2.26. The number of aliphatic hydroxyl groups is 1. The summed E-state index contributed by atoms with van der Waals surface area (Å²) in [6, 6.07) is 0.562. The second-order valence-electron chi connectivity index (χ2n) is 8.95. The van der Waals surface area contributed by atoms with E-state index in [0.29, 0.717) is 24.9 Å². The van der Waals surface area contributed by atoms with Gasteiger partial charge in [0, 0.05) is 12.8 Å². The van der Waals surface area contributed by atoms with Crippen molar-refractivity contribution in [1.29, 1.82) is 0 Å². The molecule has 0 aliphatic heterocycles. The summed E-state index contributed by atoms with van der Waals surface area (Å²) in [6.07, 6.45) is -0.603. The molecule has 0 radical (unpaired) electrons. The number of phenols is 1. The van der Waals surface area contributed by atoms with Gasteiger partial charge in [-0.1, -0.05) is 12.1 Å². The lowest BCUT2D eigenvalue weighted by Crippen LogP contribution is -2.60. The van der Waals surface area contributed by atoms with Crippen molar-refractivity contribution in [1.82, 2.24) is 16.0 Å². The van der Waals surface area contributed by atoms with Crippen LogP contribution >= 0.6 is 0 Å². The number of carboxylic acids is 1. The maximum absolute atomic E-state index is 13.1. The number of primary amides is 1. The first kappa shape index (κ1) is 32.3. The van der Waals surface area contributed by atoms with Crippen LogP contribution in [0.15, 0.2) is 24.3 Å². The van der Waals surface area contributed by atoms with Gasteiger partial charge in [0.05, 0.1) is 12.1 Å². The molecule has 14 nitrogen and oxygen atoms in total. The van der Waals surface area contributed by atoms with E-state index in [9.17, 15) is 39.3 Å². The Morgan fingerprint density at radius 1 is 0.895 bits per heavy atom. The van der Waals surface area contributed by atoms with Gasteiger partial charge < -0.3 is 48.5 Å². The Kier molecular flexibility index (Phi) is 13.7. The van der Waals surface area contributed by atoms with Gasteiger partial charge >= 0.3 is 5.97 Å². The van der Waals surface area contributed by atoms with Crippen LogP contribution in [0.2, 0.25) is 0 Å². The molecule has 0 aliphatic carbocycles. The average Bonchev–Trinajstić information content (AvgIpc) is 2.85. The highest BCUT2D eigenvalue weighted by molar-refractivity contribution is 5.94. The number of hydrogen-bond acceptors (Lipinski definition) is 9. The molecule has 12 N–H and O–H groups in total. The molecule has 0 fully saturated rings. The minimum absolute atomic E-state index is 0.0193. The molecule has 0 saturated carbocycles. The van der Waals surface area contributed by atoms with Crippen molar-refractivity contribution in [2.45, 2.75) is 75.7 Å². The number of hydrogen-bond donors (Lipinski definition) is 9. The van der Waals surface area contributed by atoms with Crippen molar-refractivity contribution < 1.29 is 39.3 Å². The van der Waals surface area contributed by atoms with Gasteiger partial charge in [0.15, 0.2) is 0 Å². The number of aliphatic carboxylic acids is 1. The number of nitrogens with two attached hydrogens (primary N) is 3. The third-order valence-electron chi connectivity index (χ3n) is 5.67. The van der Waals surface area contributed by atoms with Gasteiger partial charge in [-0.3, -0.25) is 19.2 Å². The van der Waals surface area contributed by atoms with Crippen LogP contribution in [0.5, 0.6) is 5.75 Å². The maximum Gasteiger partial charge on any atom is 0.326 e. The summed E-state index contributed by atoms with van der Waals surface area (Å²) in [4.78, 5) is 61.2. The van der Waals surface area contributed by atoms with Crippen LogP contribution in [0.4, 0.5) is 0 Å². The molecule has 0 heterocycles. The zero-order valence-electron chi connectivity index (χ0n) is 21.3. The molecule has 14 heteroatoms. The molecule has 212 valence electrons. The molecule has 5 unspecified atom stereocenters. The third-order valence-corrected chi connectivity index (χ3v) is 5.67. The number of amides is 4. The highest BCUT2D eigenvalue weighted by Gasteiger charge is 2.32. The Bertz CT molecular complexity index is 956. The minimum atomic E-state index is -1.52. The van der Waals surface area contributed by atoms with E-state index in [4.69, 9.17) is 17.2 Å². The number of nitrogens with one attached hydrogen (secondary N) is 3. The van der Waals surface area contributed by atoms with Crippen molar-refractivity contribution in [3.05, 3.63) is 29.8 Å². The van der Waals surface area contributed by atoms with E-state index in [1.54, 1.807) is 0 Å². The van der Waals surface area contributed by atoms with Gasteiger partial charge in [0.1, 0.15) is 23.9 Å². The van der Waals surface area contributed by atoms with E-state index in [1.165, 1.54) is 31.2 Å². The standard InChI is InChI=1S/C24H38N6O8/c1-13(31)20(30-21(34)16(26)9-10-19(27)33)23(36)29-18(12-14-5-7-15(32)8-6-14)22(35)28-17(24(37)38)4-2-3-11-25/h5-8,13,16-18,20,31-32H,2-4,9-12,25-26H2,1H3,(H2,27,33)(H,28,35)(H,29,36)(H,30,34)(H,37,38). The number of carboxylic acid groups (broad SMARTS) is 1. The Hall–Kier alpha value is -3.75. The Balaban J connectivity index is 3.08. The molecular weight excluding hydrogens is 500 g/mol. The molecule has 4 amide bonds. The SMILES string of the molecule is CC(O)C(NC(=O)C(N)CCC(N)=O)C(=O)NC(Cc1ccc(O)cc1)C(=O)NC(CCCCN)C(=O)O. The topological polar surface area (TPSA) is 260 Å². The van der Waals surface area contributed by atoms with Crippen LogP contribution in [0.3, 0.4) is 0 Å². The number of aliphatic hydroxyl groups excluding tert-OH is 1. The highest BCUT2D eigenvalue weighted by Crippen LogP contribution is 2.12. The van der Waals surface area contributed by atoms with Crippen LogP contribution in [0.1, 0.15) is 44.6 Å². The average molecular weight is 539 g/mol. The molecule has 0 spiro atoms. The summed E-state index contributed by atoms with van der Waals surface area (Å²) < 4.78 is 0. The van der Waals surface area contributed by atoms with E-state index >= 15 is 0 Å². The van der Waals surface area contributed by atoms with Crippen LogP contribution in [-0.4, -0.2) is 81.7 Å². The molecular formula is C24H38N6O8. The fraction of sp³-hybridized carbons (Fsp3) is 0.542. The quantitative estimate of drug-likeness (QED) is 0.0947. The molecule has 38 heavy (non-hydrogen) atoms. The van der Waals surface area contributed by atoms with E-state index in [2.05, 4.69) is 16.0 Å². The van der Waals surface area contributed by atoms with Gasteiger partial charge in [-0.25, -0.2) is 4.79 Å². The summed E-state index contributed by atoms with van der Waals surface area (Å²) in [5.41, 5.74) is 16.8. The lowest BCUT2D eigenvalue weighted by atomic mass is 10.0. The zero-order valence-corrected chi connectivity index (χ0v) is 21.3. The van der Waals surface area contributed by atoms with E-state index in [1.807, 2.05) is 0 Å². The van der Waals surface area contributed by atoms with Crippen LogP contribution < -0.4 is 33.2 Å². The Morgan fingerprint density at radius 2 is 1.50 bits per heavy atom. The molecule has 1 aromatic carbocycles. The normalized spacial score (nSPS) is 14.8. The molecule has 0 aromatic heterocycles. The number of carbonyl (C=O) groups is 5. The predicted octanol–water partition coefficient (Wildman–Crippen LogP) is -2.42. The van der Waals surface area contributed by atoms with Crippen molar-refractivity contribution in [2.24, 2.45) is 17.2 Å². The monoisotopic (exact) mass is 538 g/mol. The van der Waals surface area contributed by atoms with Gasteiger partial charge in [-0.15, -0.1) is 0 Å². The molecule has 1 rings (SSSR count). The van der Waals surface area contributed by atoms with E-state index in [0.717, 1.165) is 0 Å². The summed E-state index contributed by atoms with van der Waals surface area (Å²) in [7, 11) is 0. The van der Waals surface area contributed by atoms with Crippen LogP contribution in [0, 0.1) is 0 Å². The molecule has 5 atom stereocenters. The van der Waals surface area contributed by atoms with Crippen LogP contribution in [0.25, 0.3) is 0 Å². The first-order chi connectivity index (χ1) is 17.8. The van der Waals surface area contributed by atoms with Crippen molar-refractivity contribution in [3.63, 3.8) is 0 Å². The van der Waals surface area contributed by atoms with Gasteiger partial charge in [0.25, 0.3) is 0 Å². The van der Waals surface area contributed by atoms with E-state index in [-0.39, 0.29) is 31.4 Å². The molecule has 0 aliphatic rings. The number of unbranched alkanes of at least 4 members (excludes halogenated alkanes) is 1. The van der Waals surface area contributed by atoms with Gasteiger partial charge in [-0.05, 0) is 56.8 Å². The lowest BCUT2D eigenvalue weighted by molar-refractivity contribution is -0.142. The number of benzene rings is 1. The Labute approximate surface area is 220 Å². The first-order valence-corrected chi connectivity index (χ1v) is 12.2. The molecule has 0 bridgehead atoms. The molecule has 0 saturated heterocycles. The predicted molar refractivity (Wildman–Crippen MR) is 136 cm³/mol. The number of rotatable bonds is 17. The fourth-order valence-corrected chi connectivity index (χ4v) is 3.46. The zero-order chi connectivity index (χ0) is 28.8. The fourth-order valence-electron chi connectivity index (χ4n) is 3.46. The smallest absolute Gasteiger partial charge is 0.326 e. The minimum Gasteiger partial charge on any atom is -0.508 e.